The zero-order chi connectivity index (χ0) is 11.6. The van der Waals surface area contributed by atoms with Crippen molar-refractivity contribution in [1.82, 2.24) is 14.8 Å². The van der Waals surface area contributed by atoms with Crippen LogP contribution in [0.2, 0.25) is 0 Å². The first-order valence-corrected chi connectivity index (χ1v) is 5.90. The Bertz CT molecular complexity index is 368. The minimum Gasteiger partial charge on any atom is -0.299 e. The minimum atomic E-state index is 0.0103. The first-order chi connectivity index (χ1) is 6.82. The van der Waals surface area contributed by atoms with E-state index in [1.807, 2.05) is 0 Å². The highest BCUT2D eigenvalue weighted by Gasteiger charge is 2.18. The van der Waals surface area contributed by atoms with Gasteiger partial charge in [0, 0.05) is 12.0 Å². The molecule has 4 heteroatoms. The van der Waals surface area contributed by atoms with Gasteiger partial charge in [0.1, 0.15) is 5.82 Å². The normalized spacial score (nSPS) is 12.4. The zero-order valence-corrected chi connectivity index (χ0v) is 11.1. The Morgan fingerprint density at radius 3 is 2.47 bits per heavy atom. The lowest BCUT2D eigenvalue weighted by Gasteiger charge is -2.22. The number of hydrogen-bond donors (Lipinski definition) is 1. The van der Waals surface area contributed by atoms with Gasteiger partial charge < -0.3 is 0 Å². The van der Waals surface area contributed by atoms with Crippen LogP contribution in [-0.2, 0) is 12.0 Å². The van der Waals surface area contributed by atoms with Crippen molar-refractivity contribution in [3.05, 3.63) is 10.6 Å². The molecule has 0 saturated carbocycles. The van der Waals surface area contributed by atoms with E-state index in [0.29, 0.717) is 5.92 Å². The molecule has 0 atom stereocenters. The molecule has 1 rings (SSSR count). The van der Waals surface area contributed by atoms with Crippen molar-refractivity contribution in [2.75, 3.05) is 0 Å². The van der Waals surface area contributed by atoms with Gasteiger partial charge in [-0.15, -0.1) is 0 Å². The Morgan fingerprint density at radius 1 is 1.40 bits per heavy atom. The Morgan fingerprint density at radius 2 is 2.00 bits per heavy atom. The van der Waals surface area contributed by atoms with E-state index in [9.17, 15) is 0 Å². The average Bonchev–Trinajstić information content (AvgIpc) is 2.42. The number of aromatic nitrogens is 3. The van der Waals surface area contributed by atoms with Crippen molar-refractivity contribution in [1.29, 1.82) is 0 Å². The number of aromatic amines is 1. The lowest BCUT2D eigenvalue weighted by atomic mass is 10.1. The van der Waals surface area contributed by atoms with Crippen molar-refractivity contribution in [3.63, 3.8) is 0 Å². The maximum atomic E-state index is 5.25. The van der Waals surface area contributed by atoms with Crippen molar-refractivity contribution in [3.8, 4) is 0 Å². The molecule has 0 bridgehead atoms. The molecule has 1 heterocycles. The van der Waals surface area contributed by atoms with Gasteiger partial charge >= 0.3 is 0 Å². The lowest BCUT2D eigenvalue weighted by Crippen LogP contribution is -2.24. The Labute approximate surface area is 96.9 Å². The molecule has 0 unspecified atom stereocenters. The Hall–Kier alpha value is -0.640. The molecule has 1 N–H and O–H groups in total. The van der Waals surface area contributed by atoms with Crippen molar-refractivity contribution in [2.45, 2.75) is 53.0 Å². The standard InChI is InChI=1S/C11H21N3S/c1-8(2)6-7-9-12-13-10(15)14(9)11(3,4)5/h8H,6-7H2,1-5H3,(H,13,15). The van der Waals surface area contributed by atoms with E-state index in [0.717, 1.165) is 23.4 Å². The van der Waals surface area contributed by atoms with Gasteiger partial charge in [-0.05, 0) is 45.3 Å². The van der Waals surface area contributed by atoms with Crippen molar-refractivity contribution >= 4 is 12.2 Å². The summed E-state index contributed by atoms with van der Waals surface area (Å²) >= 11 is 5.25. The summed E-state index contributed by atoms with van der Waals surface area (Å²) in [6, 6.07) is 0. The molecule has 0 saturated heterocycles. The van der Waals surface area contributed by atoms with Gasteiger partial charge in [-0.3, -0.25) is 9.67 Å². The van der Waals surface area contributed by atoms with Crippen LogP contribution in [0.15, 0.2) is 0 Å². The predicted molar refractivity (Wildman–Crippen MR) is 65.6 cm³/mol. The van der Waals surface area contributed by atoms with Gasteiger partial charge in [0.05, 0.1) is 0 Å². The molecule has 86 valence electrons. The summed E-state index contributed by atoms with van der Waals surface area (Å²) in [5.74, 6) is 1.77. The van der Waals surface area contributed by atoms with Crippen LogP contribution in [0.5, 0.6) is 0 Å². The fourth-order valence-electron chi connectivity index (χ4n) is 1.61. The van der Waals surface area contributed by atoms with E-state index in [1.165, 1.54) is 0 Å². The summed E-state index contributed by atoms with van der Waals surface area (Å²) in [5, 5.41) is 7.18. The molecular formula is C11H21N3S. The predicted octanol–water partition coefficient (Wildman–Crippen LogP) is 3.28. The van der Waals surface area contributed by atoms with Crippen LogP contribution in [0.1, 0.15) is 46.9 Å². The molecule has 0 radical (unpaired) electrons. The fourth-order valence-corrected chi connectivity index (χ4v) is 2.03. The largest absolute Gasteiger partial charge is 0.299 e. The molecule has 0 spiro atoms. The van der Waals surface area contributed by atoms with E-state index in [-0.39, 0.29) is 5.54 Å². The monoisotopic (exact) mass is 227 g/mol. The fraction of sp³-hybridized carbons (Fsp3) is 0.818. The van der Waals surface area contributed by atoms with Gasteiger partial charge in [-0.25, -0.2) is 0 Å². The summed E-state index contributed by atoms with van der Waals surface area (Å²) in [6.07, 6.45) is 2.14. The van der Waals surface area contributed by atoms with E-state index >= 15 is 0 Å². The van der Waals surface area contributed by atoms with Gasteiger partial charge in [-0.1, -0.05) is 13.8 Å². The second kappa shape index (κ2) is 4.47. The van der Waals surface area contributed by atoms with E-state index in [4.69, 9.17) is 12.2 Å². The van der Waals surface area contributed by atoms with Gasteiger partial charge in [-0.2, -0.15) is 5.10 Å². The van der Waals surface area contributed by atoms with E-state index in [1.54, 1.807) is 0 Å². The third-order valence-corrected chi connectivity index (χ3v) is 2.63. The molecule has 15 heavy (non-hydrogen) atoms. The summed E-state index contributed by atoms with van der Waals surface area (Å²) in [5.41, 5.74) is 0.0103. The number of aryl methyl sites for hydroxylation is 1. The van der Waals surface area contributed by atoms with E-state index in [2.05, 4.69) is 49.4 Å². The topological polar surface area (TPSA) is 33.6 Å². The molecule has 0 aliphatic heterocycles. The Kier molecular flexibility index (Phi) is 3.71. The number of nitrogens with one attached hydrogen (secondary N) is 1. The lowest BCUT2D eigenvalue weighted by molar-refractivity contribution is 0.373. The number of rotatable bonds is 3. The maximum Gasteiger partial charge on any atom is 0.195 e. The van der Waals surface area contributed by atoms with Crippen molar-refractivity contribution < 1.29 is 0 Å². The molecule has 0 aliphatic carbocycles. The summed E-state index contributed by atoms with van der Waals surface area (Å²) < 4.78 is 2.84. The first kappa shape index (κ1) is 12.4. The second-order valence-electron chi connectivity index (χ2n) is 5.38. The molecule has 0 aliphatic rings. The van der Waals surface area contributed by atoms with E-state index < -0.39 is 0 Å². The SMILES string of the molecule is CC(C)CCc1n[nH]c(=S)n1C(C)(C)C. The van der Waals surface area contributed by atoms with Crippen LogP contribution in [0.25, 0.3) is 0 Å². The maximum absolute atomic E-state index is 5.25. The summed E-state index contributed by atoms with van der Waals surface area (Å²) in [6.45, 7) is 10.9. The van der Waals surface area contributed by atoms with Gasteiger partial charge in [0.2, 0.25) is 0 Å². The van der Waals surface area contributed by atoms with Crippen LogP contribution in [0.4, 0.5) is 0 Å². The summed E-state index contributed by atoms with van der Waals surface area (Å²) in [4.78, 5) is 0. The third-order valence-electron chi connectivity index (χ3n) is 2.36. The van der Waals surface area contributed by atoms with Crippen molar-refractivity contribution in [2.24, 2.45) is 5.92 Å². The molecule has 0 amide bonds. The van der Waals surface area contributed by atoms with Crippen LogP contribution >= 0.6 is 12.2 Å². The smallest absolute Gasteiger partial charge is 0.195 e. The zero-order valence-electron chi connectivity index (χ0n) is 10.3. The van der Waals surface area contributed by atoms with Crippen LogP contribution in [0.3, 0.4) is 0 Å². The highest BCUT2D eigenvalue weighted by atomic mass is 32.1. The third kappa shape index (κ3) is 3.16. The quantitative estimate of drug-likeness (QED) is 0.804. The molecule has 0 aromatic carbocycles. The molecular weight excluding hydrogens is 206 g/mol. The highest BCUT2D eigenvalue weighted by Crippen LogP contribution is 2.18. The Balaban J connectivity index is 2.95. The number of H-pyrrole nitrogens is 1. The van der Waals surface area contributed by atoms with Crippen LogP contribution in [0, 0.1) is 10.7 Å². The molecule has 1 aromatic heterocycles. The molecule has 1 aromatic rings. The first-order valence-electron chi connectivity index (χ1n) is 5.49. The molecule has 3 nitrogen and oxygen atoms in total. The van der Waals surface area contributed by atoms with Crippen LogP contribution in [-0.4, -0.2) is 14.8 Å². The van der Waals surface area contributed by atoms with Crippen LogP contribution < -0.4 is 0 Å². The highest BCUT2D eigenvalue weighted by molar-refractivity contribution is 7.71. The van der Waals surface area contributed by atoms with Gasteiger partial charge in [0.15, 0.2) is 4.77 Å². The second-order valence-corrected chi connectivity index (χ2v) is 5.77. The number of nitrogens with zero attached hydrogens (tertiary/aromatic N) is 2. The molecule has 0 fully saturated rings. The van der Waals surface area contributed by atoms with Gasteiger partial charge in [0.25, 0.3) is 0 Å². The average molecular weight is 227 g/mol. The number of hydrogen-bond acceptors (Lipinski definition) is 2. The summed E-state index contributed by atoms with van der Waals surface area (Å²) in [7, 11) is 0. The minimum absolute atomic E-state index is 0.0103.